The minimum absolute atomic E-state index is 0.0336. The Morgan fingerprint density at radius 2 is 2.31 bits per heavy atom. The lowest BCUT2D eigenvalue weighted by Crippen LogP contribution is -2.24. The molecule has 0 radical (unpaired) electrons. The van der Waals surface area contributed by atoms with Crippen LogP contribution in [-0.2, 0) is 16.6 Å². The lowest BCUT2D eigenvalue weighted by Gasteiger charge is -1.99. The summed E-state index contributed by atoms with van der Waals surface area (Å²) in [6.07, 6.45) is 2.39. The molecular weight excluding hydrogens is 228 g/mol. The molecule has 0 aliphatic rings. The first-order valence-electron chi connectivity index (χ1n) is 4.91. The Labute approximate surface area is 95.0 Å². The molecule has 0 fully saturated rings. The second kappa shape index (κ2) is 5.09. The van der Waals surface area contributed by atoms with Crippen molar-refractivity contribution in [2.45, 2.75) is 31.8 Å². The number of sulfonamides is 1. The zero-order valence-electron chi connectivity index (χ0n) is 9.27. The Hall–Kier alpha value is -1.39. The number of imidazole rings is 1. The highest BCUT2D eigenvalue weighted by atomic mass is 32.2. The SMILES string of the molecule is CCCn1cc(S(=O)(=O)NCC#N)nc1C. The van der Waals surface area contributed by atoms with Crippen LogP contribution in [0.15, 0.2) is 11.2 Å². The van der Waals surface area contributed by atoms with E-state index in [1.807, 2.05) is 6.92 Å². The molecule has 0 aromatic carbocycles. The molecule has 7 heteroatoms. The van der Waals surface area contributed by atoms with E-state index in [-0.39, 0.29) is 11.6 Å². The van der Waals surface area contributed by atoms with Crippen LogP contribution in [0.3, 0.4) is 0 Å². The molecule has 6 nitrogen and oxygen atoms in total. The van der Waals surface area contributed by atoms with Crippen molar-refractivity contribution in [2.24, 2.45) is 0 Å². The molecule has 0 unspecified atom stereocenters. The highest BCUT2D eigenvalue weighted by Gasteiger charge is 2.18. The Morgan fingerprint density at radius 3 is 2.88 bits per heavy atom. The summed E-state index contributed by atoms with van der Waals surface area (Å²) in [6.45, 7) is 4.23. The van der Waals surface area contributed by atoms with Gasteiger partial charge in [0.2, 0.25) is 0 Å². The molecule has 0 saturated carbocycles. The molecule has 0 amide bonds. The molecule has 0 aliphatic carbocycles. The monoisotopic (exact) mass is 242 g/mol. The smallest absolute Gasteiger partial charge is 0.260 e. The van der Waals surface area contributed by atoms with Gasteiger partial charge in [0.25, 0.3) is 10.0 Å². The zero-order chi connectivity index (χ0) is 12.2. The Morgan fingerprint density at radius 1 is 1.62 bits per heavy atom. The molecule has 0 aliphatic heterocycles. The number of nitrogens with zero attached hydrogens (tertiary/aromatic N) is 3. The van der Waals surface area contributed by atoms with Crippen molar-refractivity contribution in [1.82, 2.24) is 14.3 Å². The normalized spacial score (nSPS) is 11.3. The summed E-state index contributed by atoms with van der Waals surface area (Å²) >= 11 is 0. The van der Waals surface area contributed by atoms with E-state index >= 15 is 0 Å². The molecule has 16 heavy (non-hydrogen) atoms. The summed E-state index contributed by atoms with van der Waals surface area (Å²) in [6, 6.07) is 1.72. The predicted octanol–water partition coefficient (Wildman–Crippen LogP) is 0.403. The first-order valence-corrected chi connectivity index (χ1v) is 6.40. The van der Waals surface area contributed by atoms with Gasteiger partial charge in [0.05, 0.1) is 12.6 Å². The van der Waals surface area contributed by atoms with Crippen LogP contribution in [-0.4, -0.2) is 24.5 Å². The lowest BCUT2D eigenvalue weighted by atomic mass is 10.5. The van der Waals surface area contributed by atoms with Crippen molar-refractivity contribution in [3.05, 3.63) is 12.0 Å². The van der Waals surface area contributed by atoms with Gasteiger partial charge in [-0.25, -0.2) is 13.4 Å². The van der Waals surface area contributed by atoms with E-state index in [1.54, 1.807) is 17.6 Å². The van der Waals surface area contributed by atoms with Crippen LogP contribution in [0.5, 0.6) is 0 Å². The van der Waals surface area contributed by atoms with Gasteiger partial charge in [-0.15, -0.1) is 0 Å². The number of rotatable bonds is 5. The van der Waals surface area contributed by atoms with Crippen LogP contribution >= 0.6 is 0 Å². The van der Waals surface area contributed by atoms with Gasteiger partial charge >= 0.3 is 0 Å². The summed E-state index contributed by atoms with van der Waals surface area (Å²) in [5, 5.41) is 8.28. The topological polar surface area (TPSA) is 87.8 Å². The van der Waals surface area contributed by atoms with Gasteiger partial charge in [-0.05, 0) is 13.3 Å². The minimum Gasteiger partial charge on any atom is -0.334 e. The zero-order valence-corrected chi connectivity index (χ0v) is 10.1. The molecular formula is C9H14N4O2S. The van der Waals surface area contributed by atoms with E-state index in [0.717, 1.165) is 13.0 Å². The van der Waals surface area contributed by atoms with Crippen molar-refractivity contribution >= 4 is 10.0 Å². The molecule has 0 saturated heterocycles. The summed E-state index contributed by atoms with van der Waals surface area (Å²) < 4.78 is 27.2. The molecule has 0 atom stereocenters. The average molecular weight is 242 g/mol. The van der Waals surface area contributed by atoms with Crippen molar-refractivity contribution in [1.29, 1.82) is 5.26 Å². The van der Waals surface area contributed by atoms with Gasteiger partial charge in [-0.3, -0.25) is 0 Å². The first-order chi connectivity index (χ1) is 7.51. The van der Waals surface area contributed by atoms with E-state index in [4.69, 9.17) is 5.26 Å². The van der Waals surface area contributed by atoms with Gasteiger partial charge in [0.1, 0.15) is 5.82 Å². The Balaban J connectivity index is 2.97. The van der Waals surface area contributed by atoms with Crippen molar-refractivity contribution in [2.75, 3.05) is 6.54 Å². The highest BCUT2D eigenvalue weighted by Crippen LogP contribution is 2.09. The van der Waals surface area contributed by atoms with E-state index in [0.29, 0.717) is 5.82 Å². The van der Waals surface area contributed by atoms with Crippen LogP contribution in [0.4, 0.5) is 0 Å². The first kappa shape index (κ1) is 12.7. The highest BCUT2D eigenvalue weighted by molar-refractivity contribution is 7.89. The fourth-order valence-corrected chi connectivity index (χ4v) is 2.20. The van der Waals surface area contributed by atoms with Gasteiger partial charge in [0, 0.05) is 12.7 Å². The van der Waals surface area contributed by atoms with Gasteiger partial charge in [-0.2, -0.15) is 9.98 Å². The van der Waals surface area contributed by atoms with Crippen LogP contribution in [0, 0.1) is 18.3 Å². The fraction of sp³-hybridized carbons (Fsp3) is 0.556. The number of aromatic nitrogens is 2. The third kappa shape index (κ3) is 2.81. The molecule has 1 aromatic heterocycles. The van der Waals surface area contributed by atoms with Crippen molar-refractivity contribution in [3.63, 3.8) is 0 Å². The second-order valence-electron chi connectivity index (χ2n) is 3.30. The molecule has 1 aromatic rings. The number of nitrogens with one attached hydrogen (secondary N) is 1. The van der Waals surface area contributed by atoms with Crippen molar-refractivity contribution < 1.29 is 8.42 Å². The summed E-state index contributed by atoms with van der Waals surface area (Å²) in [7, 11) is -3.65. The minimum atomic E-state index is -3.65. The molecule has 1 heterocycles. The van der Waals surface area contributed by atoms with E-state index in [9.17, 15) is 8.42 Å². The van der Waals surface area contributed by atoms with Crippen LogP contribution < -0.4 is 4.72 Å². The Bertz CT molecular complexity index is 498. The van der Waals surface area contributed by atoms with E-state index in [2.05, 4.69) is 9.71 Å². The lowest BCUT2D eigenvalue weighted by molar-refractivity contribution is 0.582. The predicted molar refractivity (Wildman–Crippen MR) is 58.1 cm³/mol. The standard InChI is InChI=1S/C9H14N4O2S/c1-3-6-13-7-9(12-8(13)2)16(14,15)11-5-4-10/h7,11H,3,5-6H2,1-2H3. The number of hydrogen-bond donors (Lipinski definition) is 1. The fourth-order valence-electron chi connectivity index (χ4n) is 1.28. The number of aryl methyl sites for hydroxylation is 2. The Kier molecular flexibility index (Phi) is 4.04. The van der Waals surface area contributed by atoms with E-state index in [1.165, 1.54) is 6.20 Å². The molecule has 0 spiro atoms. The van der Waals surface area contributed by atoms with Gasteiger partial charge < -0.3 is 4.57 Å². The maximum absolute atomic E-state index is 11.6. The third-order valence-corrected chi connectivity index (χ3v) is 3.31. The molecule has 1 rings (SSSR count). The van der Waals surface area contributed by atoms with Crippen LogP contribution in [0.1, 0.15) is 19.2 Å². The number of nitriles is 1. The summed E-state index contributed by atoms with van der Waals surface area (Å²) in [5.74, 6) is 0.652. The van der Waals surface area contributed by atoms with Crippen LogP contribution in [0.2, 0.25) is 0 Å². The maximum atomic E-state index is 11.6. The van der Waals surface area contributed by atoms with Crippen molar-refractivity contribution in [3.8, 4) is 6.07 Å². The summed E-state index contributed by atoms with van der Waals surface area (Å²) in [5.41, 5.74) is 0. The second-order valence-corrected chi connectivity index (χ2v) is 5.02. The third-order valence-electron chi connectivity index (χ3n) is 2.04. The van der Waals surface area contributed by atoms with Crippen LogP contribution in [0.25, 0.3) is 0 Å². The molecule has 88 valence electrons. The van der Waals surface area contributed by atoms with Gasteiger partial charge in [-0.1, -0.05) is 6.92 Å². The van der Waals surface area contributed by atoms with E-state index < -0.39 is 10.0 Å². The maximum Gasteiger partial charge on any atom is 0.260 e. The average Bonchev–Trinajstić information content (AvgIpc) is 2.59. The molecule has 1 N–H and O–H groups in total. The number of hydrogen-bond acceptors (Lipinski definition) is 4. The molecule has 0 bridgehead atoms. The largest absolute Gasteiger partial charge is 0.334 e. The summed E-state index contributed by atoms with van der Waals surface area (Å²) in [4.78, 5) is 3.96. The van der Waals surface area contributed by atoms with Gasteiger partial charge in [0.15, 0.2) is 5.03 Å². The quantitative estimate of drug-likeness (QED) is 0.757.